The van der Waals surface area contributed by atoms with Gasteiger partial charge in [0.05, 0.1) is 23.0 Å². The second-order valence-electron chi connectivity index (χ2n) is 9.52. The Hall–Kier alpha value is -3.69. The van der Waals surface area contributed by atoms with Crippen LogP contribution in [0.3, 0.4) is 0 Å². The van der Waals surface area contributed by atoms with Crippen molar-refractivity contribution in [2.75, 3.05) is 4.90 Å². The van der Waals surface area contributed by atoms with Crippen LogP contribution in [0.2, 0.25) is 5.02 Å². The highest BCUT2D eigenvalue weighted by Crippen LogP contribution is 2.49. The molecule has 1 amide bonds. The van der Waals surface area contributed by atoms with Gasteiger partial charge >= 0.3 is 0 Å². The number of β-lactam (4-membered cyclic amide) rings is 1. The fourth-order valence-electron chi connectivity index (χ4n) is 5.06. The number of aliphatic hydroxyl groups is 1. The smallest absolute Gasteiger partial charge is 0.294 e. The lowest BCUT2D eigenvalue weighted by atomic mass is 9.77. The lowest BCUT2D eigenvalue weighted by Crippen LogP contribution is -2.55. The second-order valence-corrected chi connectivity index (χ2v) is 11.4. The highest BCUT2D eigenvalue weighted by molar-refractivity contribution is 7.85. The predicted molar refractivity (Wildman–Crippen MR) is 149 cm³/mol. The lowest BCUT2D eigenvalue weighted by Gasteiger charge is -2.48. The Morgan fingerprint density at radius 3 is 2.23 bits per heavy atom. The van der Waals surface area contributed by atoms with Crippen LogP contribution in [0.25, 0.3) is 11.1 Å². The van der Waals surface area contributed by atoms with E-state index in [2.05, 4.69) is 0 Å². The summed E-state index contributed by atoms with van der Waals surface area (Å²) in [7, 11) is -4.38. The molecule has 0 aliphatic carbocycles. The molecule has 0 aromatic heterocycles. The third-order valence-corrected chi connectivity index (χ3v) is 8.17. The number of anilines is 1. The van der Waals surface area contributed by atoms with Crippen LogP contribution in [0.1, 0.15) is 36.1 Å². The average Bonchev–Trinajstić information content (AvgIpc) is 2.92. The van der Waals surface area contributed by atoms with Gasteiger partial charge in [0.2, 0.25) is 5.91 Å². The number of para-hydroxylation sites is 1. The SMILES string of the molecule is O=C1[C@H](CC[C@H](O)c2ccc(Cl)cc2)[C@@H](c2ccc(-c3cccc(S(=O)(=O)O)c3)cc2O)N1c1ccccc1. The summed E-state index contributed by atoms with van der Waals surface area (Å²) < 4.78 is 32.5. The van der Waals surface area contributed by atoms with Gasteiger partial charge in [-0.05, 0) is 72.0 Å². The van der Waals surface area contributed by atoms with E-state index in [1.165, 1.54) is 24.3 Å². The number of hydrogen-bond donors (Lipinski definition) is 3. The molecule has 200 valence electrons. The van der Waals surface area contributed by atoms with Crippen LogP contribution in [0, 0.1) is 5.92 Å². The van der Waals surface area contributed by atoms with E-state index in [9.17, 15) is 28.0 Å². The van der Waals surface area contributed by atoms with E-state index in [0.29, 0.717) is 45.8 Å². The zero-order valence-electron chi connectivity index (χ0n) is 20.7. The Kier molecular flexibility index (Phi) is 7.46. The van der Waals surface area contributed by atoms with E-state index in [1.54, 1.807) is 47.4 Å². The maximum absolute atomic E-state index is 13.3. The number of benzene rings is 4. The van der Waals surface area contributed by atoms with Gasteiger partial charge in [0.25, 0.3) is 10.1 Å². The van der Waals surface area contributed by atoms with Crippen LogP contribution in [0.15, 0.2) is 102 Å². The van der Waals surface area contributed by atoms with Gasteiger partial charge in [-0.3, -0.25) is 9.35 Å². The van der Waals surface area contributed by atoms with E-state index in [4.69, 9.17) is 11.6 Å². The van der Waals surface area contributed by atoms with Crippen molar-refractivity contribution in [2.24, 2.45) is 5.92 Å². The van der Waals surface area contributed by atoms with Gasteiger partial charge < -0.3 is 15.1 Å². The number of phenols is 1. The van der Waals surface area contributed by atoms with Crippen LogP contribution < -0.4 is 4.90 Å². The van der Waals surface area contributed by atoms with Crippen molar-refractivity contribution >= 4 is 33.3 Å². The van der Waals surface area contributed by atoms with Gasteiger partial charge in [0.15, 0.2) is 0 Å². The lowest BCUT2D eigenvalue weighted by molar-refractivity contribution is -0.131. The van der Waals surface area contributed by atoms with Crippen LogP contribution in [-0.4, -0.2) is 29.1 Å². The minimum absolute atomic E-state index is 0.0496. The molecule has 4 aromatic carbocycles. The number of carbonyl (C=O) groups is 1. The number of hydrogen-bond acceptors (Lipinski definition) is 5. The minimum atomic E-state index is -4.38. The fraction of sp³-hybridized carbons (Fsp3) is 0.167. The van der Waals surface area contributed by atoms with Gasteiger partial charge in [-0.2, -0.15) is 8.42 Å². The van der Waals surface area contributed by atoms with Crippen molar-refractivity contribution in [1.29, 1.82) is 0 Å². The van der Waals surface area contributed by atoms with Crippen molar-refractivity contribution in [3.05, 3.63) is 113 Å². The number of amides is 1. The molecule has 3 N–H and O–H groups in total. The normalized spacial score (nSPS) is 18.0. The molecule has 7 nitrogen and oxygen atoms in total. The molecule has 9 heteroatoms. The molecule has 1 aliphatic heterocycles. The quantitative estimate of drug-likeness (QED) is 0.174. The van der Waals surface area contributed by atoms with E-state index < -0.39 is 28.2 Å². The maximum atomic E-state index is 13.3. The van der Waals surface area contributed by atoms with Gasteiger partial charge in [0, 0.05) is 16.3 Å². The topological polar surface area (TPSA) is 115 Å². The first-order chi connectivity index (χ1) is 18.6. The molecule has 0 unspecified atom stereocenters. The van der Waals surface area contributed by atoms with Crippen molar-refractivity contribution in [3.8, 4) is 16.9 Å². The van der Waals surface area contributed by atoms with Gasteiger partial charge in [-0.25, -0.2) is 0 Å². The molecule has 39 heavy (non-hydrogen) atoms. The highest BCUT2D eigenvalue weighted by Gasteiger charge is 2.49. The molecule has 5 rings (SSSR count). The van der Waals surface area contributed by atoms with Gasteiger partial charge in [-0.1, -0.05) is 66.2 Å². The number of nitrogens with zero attached hydrogens (tertiary/aromatic N) is 1. The molecule has 3 atom stereocenters. The molecule has 1 fully saturated rings. The molecule has 0 spiro atoms. The second kappa shape index (κ2) is 10.8. The fourth-order valence-corrected chi connectivity index (χ4v) is 5.71. The van der Waals surface area contributed by atoms with Gasteiger partial charge in [-0.15, -0.1) is 0 Å². The van der Waals surface area contributed by atoms with Gasteiger partial charge in [0.1, 0.15) is 5.75 Å². The number of aliphatic hydroxyl groups excluding tert-OH is 1. The predicted octanol–water partition coefficient (Wildman–Crippen LogP) is 6.18. The first kappa shape index (κ1) is 26.9. The van der Waals surface area contributed by atoms with E-state index in [1.807, 2.05) is 30.3 Å². The summed E-state index contributed by atoms with van der Waals surface area (Å²) in [6.07, 6.45) is -0.0281. The summed E-state index contributed by atoms with van der Waals surface area (Å²) >= 11 is 5.96. The summed E-state index contributed by atoms with van der Waals surface area (Å²) in [6, 6.07) is 26.4. The first-order valence-corrected chi connectivity index (χ1v) is 14.2. The molecule has 1 aliphatic rings. The van der Waals surface area contributed by atoms with Crippen LogP contribution >= 0.6 is 11.6 Å². The molecule has 0 radical (unpaired) electrons. The molecule has 1 saturated heterocycles. The van der Waals surface area contributed by atoms with Crippen molar-refractivity contribution < 1.29 is 28.0 Å². The zero-order chi connectivity index (χ0) is 27.7. The number of rotatable bonds is 8. The third kappa shape index (κ3) is 5.55. The number of phenolic OH excluding ortho intramolecular Hbond substituents is 1. The molecular formula is C30H26ClNO6S. The molecule has 0 saturated carbocycles. The Labute approximate surface area is 231 Å². The van der Waals surface area contributed by atoms with E-state index in [-0.39, 0.29) is 16.6 Å². The Balaban J connectivity index is 1.44. The minimum Gasteiger partial charge on any atom is -0.508 e. The molecule has 0 bridgehead atoms. The summed E-state index contributed by atoms with van der Waals surface area (Å²) in [6.45, 7) is 0. The summed E-state index contributed by atoms with van der Waals surface area (Å²) in [5, 5.41) is 22.4. The Morgan fingerprint density at radius 1 is 0.872 bits per heavy atom. The Bertz CT molecular complexity index is 1610. The van der Waals surface area contributed by atoms with E-state index >= 15 is 0 Å². The van der Waals surface area contributed by atoms with Crippen LogP contribution in [0.5, 0.6) is 5.75 Å². The standard InChI is InChI=1S/C30H26ClNO6S/c31-22-12-9-19(10-13-22)27(33)16-15-26-29(32(30(26)35)23-6-2-1-3-7-23)25-14-11-21(18-28(25)34)20-5-4-8-24(17-20)39(36,37)38/h1-14,17-18,26-27,29,33-34H,15-16H2,(H,36,37,38)/t26-,27+,29-/m1/s1. The Morgan fingerprint density at radius 2 is 1.56 bits per heavy atom. The van der Waals surface area contributed by atoms with E-state index in [0.717, 1.165) is 0 Å². The number of aromatic hydroxyl groups is 1. The van der Waals surface area contributed by atoms with Crippen molar-refractivity contribution in [1.82, 2.24) is 0 Å². The number of carbonyl (C=O) groups excluding carboxylic acids is 1. The third-order valence-electron chi connectivity index (χ3n) is 7.07. The summed E-state index contributed by atoms with van der Waals surface area (Å²) in [5.41, 5.74) is 3.00. The molecular weight excluding hydrogens is 538 g/mol. The average molecular weight is 564 g/mol. The molecule has 1 heterocycles. The zero-order valence-corrected chi connectivity index (χ0v) is 22.3. The van der Waals surface area contributed by atoms with Crippen LogP contribution in [0.4, 0.5) is 5.69 Å². The van der Waals surface area contributed by atoms with Crippen molar-refractivity contribution in [3.63, 3.8) is 0 Å². The first-order valence-electron chi connectivity index (χ1n) is 12.4. The summed E-state index contributed by atoms with van der Waals surface area (Å²) in [4.78, 5) is 14.7. The molecule has 4 aromatic rings. The summed E-state index contributed by atoms with van der Waals surface area (Å²) in [5.74, 6) is -0.614. The monoisotopic (exact) mass is 563 g/mol. The highest BCUT2D eigenvalue weighted by atomic mass is 35.5. The van der Waals surface area contributed by atoms with Crippen molar-refractivity contribution in [2.45, 2.75) is 29.9 Å². The number of halogens is 1. The van der Waals surface area contributed by atoms with Crippen LogP contribution in [-0.2, 0) is 14.9 Å². The largest absolute Gasteiger partial charge is 0.508 e. The maximum Gasteiger partial charge on any atom is 0.294 e.